The van der Waals surface area contributed by atoms with E-state index in [1.165, 1.54) is 6.07 Å². The molecule has 0 amide bonds. The maximum absolute atomic E-state index is 13.6. The third-order valence-electron chi connectivity index (χ3n) is 2.72. The summed E-state index contributed by atoms with van der Waals surface area (Å²) in [6, 6.07) is 4.99. The third-order valence-corrected chi connectivity index (χ3v) is 2.72. The molecule has 2 rings (SSSR count). The van der Waals surface area contributed by atoms with Crippen molar-refractivity contribution < 1.29 is 4.39 Å². The van der Waals surface area contributed by atoms with Crippen LogP contribution in [-0.2, 0) is 0 Å². The van der Waals surface area contributed by atoms with E-state index in [4.69, 9.17) is 5.73 Å². The van der Waals surface area contributed by atoms with Crippen molar-refractivity contribution in [3.8, 4) is 0 Å². The summed E-state index contributed by atoms with van der Waals surface area (Å²) in [6.07, 6.45) is 0.635. The quantitative estimate of drug-likeness (QED) is 0.773. The van der Waals surface area contributed by atoms with Gasteiger partial charge in [0.1, 0.15) is 11.7 Å². The Bertz CT molecular complexity index is 477. The van der Waals surface area contributed by atoms with Crippen LogP contribution in [0.25, 0.3) is 0 Å². The van der Waals surface area contributed by atoms with Gasteiger partial charge in [-0.2, -0.15) is 5.10 Å². The molecule has 84 valence electrons. The molecule has 0 saturated carbocycles. The van der Waals surface area contributed by atoms with Gasteiger partial charge >= 0.3 is 0 Å². The van der Waals surface area contributed by atoms with Crippen LogP contribution in [0.2, 0.25) is 0 Å². The summed E-state index contributed by atoms with van der Waals surface area (Å²) in [5, 5.41) is 7.83. The van der Waals surface area contributed by atoms with E-state index in [0.29, 0.717) is 23.5 Å². The zero-order chi connectivity index (χ0) is 11.7. The number of nitrogens with zero attached hydrogens (tertiary/aromatic N) is 2. The van der Waals surface area contributed by atoms with Crippen LogP contribution in [0, 0.1) is 18.7 Å². The van der Waals surface area contributed by atoms with E-state index in [9.17, 15) is 4.39 Å². The Labute approximate surface area is 93.9 Å². The highest BCUT2D eigenvalue weighted by atomic mass is 19.1. The second-order valence-electron chi connectivity index (χ2n) is 4.16. The lowest BCUT2D eigenvalue weighted by molar-refractivity contribution is 0.622. The monoisotopic (exact) mass is 219 g/mol. The Morgan fingerprint density at radius 2 is 2.12 bits per heavy atom. The lowest BCUT2D eigenvalue weighted by atomic mass is 9.96. The highest BCUT2D eigenvalue weighted by molar-refractivity contribution is 6.05. The minimum Gasteiger partial charge on any atom is -0.385 e. The van der Waals surface area contributed by atoms with Crippen molar-refractivity contribution in [1.29, 1.82) is 0 Å². The van der Waals surface area contributed by atoms with Crippen molar-refractivity contribution in [2.24, 2.45) is 21.9 Å². The number of amidine groups is 1. The van der Waals surface area contributed by atoms with E-state index in [1.807, 2.05) is 13.8 Å². The van der Waals surface area contributed by atoms with E-state index in [1.54, 1.807) is 12.1 Å². The van der Waals surface area contributed by atoms with Crippen molar-refractivity contribution in [1.82, 2.24) is 0 Å². The van der Waals surface area contributed by atoms with Crippen LogP contribution in [0.3, 0.4) is 0 Å². The van der Waals surface area contributed by atoms with Gasteiger partial charge in [0.15, 0.2) is 0 Å². The van der Waals surface area contributed by atoms with Crippen LogP contribution in [0.1, 0.15) is 24.5 Å². The van der Waals surface area contributed by atoms with Gasteiger partial charge in [-0.15, -0.1) is 5.10 Å². The van der Waals surface area contributed by atoms with Crippen molar-refractivity contribution >= 4 is 11.5 Å². The third kappa shape index (κ3) is 1.96. The van der Waals surface area contributed by atoms with Gasteiger partial charge in [0.05, 0.1) is 5.71 Å². The molecule has 16 heavy (non-hydrogen) atoms. The normalized spacial score (nSPS) is 20.3. The van der Waals surface area contributed by atoms with E-state index in [2.05, 4.69) is 10.2 Å². The molecule has 4 heteroatoms. The van der Waals surface area contributed by atoms with E-state index < -0.39 is 0 Å². The van der Waals surface area contributed by atoms with Gasteiger partial charge in [0.25, 0.3) is 0 Å². The summed E-state index contributed by atoms with van der Waals surface area (Å²) >= 11 is 0. The van der Waals surface area contributed by atoms with Gasteiger partial charge in [-0.3, -0.25) is 0 Å². The molecule has 0 saturated heterocycles. The Hall–Kier alpha value is -1.71. The standard InChI is InChI=1S/C12H14FN3/c1-7-3-4-10(13)9(5-7)11-6-8(2)12(14)16-15-11/h3-5,8H,6H2,1-2H3,(H2,14,16). The largest absolute Gasteiger partial charge is 0.385 e. The predicted molar refractivity (Wildman–Crippen MR) is 63.1 cm³/mol. The molecule has 0 aliphatic carbocycles. The molecule has 1 unspecified atom stereocenters. The number of rotatable bonds is 1. The number of nitrogens with two attached hydrogens (primary N) is 1. The lowest BCUT2D eigenvalue weighted by Crippen LogP contribution is -2.27. The fourth-order valence-electron chi connectivity index (χ4n) is 1.68. The molecule has 2 N–H and O–H groups in total. The first-order valence-electron chi connectivity index (χ1n) is 5.24. The van der Waals surface area contributed by atoms with Crippen LogP contribution in [-0.4, -0.2) is 11.5 Å². The zero-order valence-electron chi connectivity index (χ0n) is 9.37. The van der Waals surface area contributed by atoms with E-state index in [0.717, 1.165) is 5.56 Å². The molecular formula is C12H14FN3. The Morgan fingerprint density at radius 3 is 2.81 bits per heavy atom. The number of hydrogen-bond donors (Lipinski definition) is 1. The molecule has 0 fully saturated rings. The average Bonchev–Trinajstić information content (AvgIpc) is 2.26. The van der Waals surface area contributed by atoms with Gasteiger partial charge in [-0.25, -0.2) is 4.39 Å². The molecule has 1 aliphatic rings. The first-order valence-corrected chi connectivity index (χ1v) is 5.24. The highest BCUT2D eigenvalue weighted by Crippen LogP contribution is 2.19. The van der Waals surface area contributed by atoms with Crippen LogP contribution in [0.15, 0.2) is 28.4 Å². The smallest absolute Gasteiger partial charge is 0.132 e. The fourth-order valence-corrected chi connectivity index (χ4v) is 1.68. The van der Waals surface area contributed by atoms with E-state index in [-0.39, 0.29) is 11.7 Å². The molecule has 1 aromatic carbocycles. The van der Waals surface area contributed by atoms with Crippen LogP contribution in [0.5, 0.6) is 0 Å². The molecule has 1 atom stereocenters. The van der Waals surface area contributed by atoms with Gasteiger partial charge < -0.3 is 5.73 Å². The molecule has 0 aromatic heterocycles. The molecule has 1 aromatic rings. The van der Waals surface area contributed by atoms with Gasteiger partial charge in [0.2, 0.25) is 0 Å². The number of hydrogen-bond acceptors (Lipinski definition) is 3. The zero-order valence-corrected chi connectivity index (χ0v) is 9.37. The fraction of sp³-hybridized carbons (Fsp3) is 0.333. The number of halogens is 1. The minimum atomic E-state index is -0.257. The summed E-state index contributed by atoms with van der Waals surface area (Å²) in [4.78, 5) is 0. The Kier molecular flexibility index (Phi) is 2.73. The SMILES string of the molecule is Cc1ccc(F)c(C2=NN=C(N)C(C)C2)c1. The van der Waals surface area contributed by atoms with Crippen molar-refractivity contribution in [2.45, 2.75) is 20.3 Å². The van der Waals surface area contributed by atoms with Crippen molar-refractivity contribution in [3.05, 3.63) is 35.1 Å². The van der Waals surface area contributed by atoms with E-state index >= 15 is 0 Å². The van der Waals surface area contributed by atoms with Crippen LogP contribution < -0.4 is 5.73 Å². The average molecular weight is 219 g/mol. The van der Waals surface area contributed by atoms with Crippen molar-refractivity contribution in [3.63, 3.8) is 0 Å². The maximum Gasteiger partial charge on any atom is 0.132 e. The minimum absolute atomic E-state index is 0.118. The molecular weight excluding hydrogens is 205 g/mol. The molecule has 1 heterocycles. The van der Waals surface area contributed by atoms with Crippen LogP contribution >= 0.6 is 0 Å². The van der Waals surface area contributed by atoms with Gasteiger partial charge in [0, 0.05) is 17.9 Å². The van der Waals surface area contributed by atoms with Crippen molar-refractivity contribution in [2.75, 3.05) is 0 Å². The van der Waals surface area contributed by atoms with Gasteiger partial charge in [-0.05, 0) is 19.1 Å². The molecule has 3 nitrogen and oxygen atoms in total. The predicted octanol–water partition coefficient (Wildman–Crippen LogP) is 2.24. The number of aryl methyl sites for hydroxylation is 1. The summed E-state index contributed by atoms with van der Waals surface area (Å²) < 4.78 is 13.6. The Morgan fingerprint density at radius 1 is 1.38 bits per heavy atom. The highest BCUT2D eigenvalue weighted by Gasteiger charge is 2.19. The molecule has 0 spiro atoms. The summed E-state index contributed by atoms with van der Waals surface area (Å²) in [5.74, 6) is 0.372. The molecule has 0 radical (unpaired) electrons. The molecule has 1 aliphatic heterocycles. The second-order valence-corrected chi connectivity index (χ2v) is 4.16. The number of benzene rings is 1. The second kappa shape index (κ2) is 4.04. The lowest BCUT2D eigenvalue weighted by Gasteiger charge is -2.16. The topological polar surface area (TPSA) is 50.7 Å². The first-order chi connectivity index (χ1) is 7.58. The van der Waals surface area contributed by atoms with Gasteiger partial charge in [-0.1, -0.05) is 18.6 Å². The summed E-state index contributed by atoms with van der Waals surface area (Å²) in [7, 11) is 0. The van der Waals surface area contributed by atoms with Crippen LogP contribution in [0.4, 0.5) is 4.39 Å². The summed E-state index contributed by atoms with van der Waals surface area (Å²) in [6.45, 7) is 3.88. The maximum atomic E-state index is 13.6. The molecule has 0 bridgehead atoms. The first kappa shape index (κ1) is 10.8. The summed E-state index contributed by atoms with van der Waals surface area (Å²) in [5.41, 5.74) is 7.84. The Balaban J connectivity index is 2.42.